The van der Waals surface area contributed by atoms with E-state index in [9.17, 15) is 9.90 Å². The number of nitrogens with zero attached hydrogens (tertiary/aromatic N) is 2. The number of aliphatic hydroxyl groups is 1. The van der Waals surface area contributed by atoms with Crippen molar-refractivity contribution in [2.45, 2.75) is 56.1 Å². The molecule has 1 saturated heterocycles. The van der Waals surface area contributed by atoms with Crippen molar-refractivity contribution >= 4 is 5.91 Å². The topological polar surface area (TPSA) is 74.3 Å². The van der Waals surface area contributed by atoms with Gasteiger partial charge < -0.3 is 14.6 Å². The summed E-state index contributed by atoms with van der Waals surface area (Å²) in [6.45, 7) is 1.06. The van der Waals surface area contributed by atoms with E-state index in [-0.39, 0.29) is 11.4 Å². The fraction of sp³-hybridized carbons (Fsp3) is 0.519. The molecule has 1 saturated carbocycles. The normalized spacial score (nSPS) is 27.1. The number of carbonyl (C=O) groups is 1. The van der Waals surface area contributed by atoms with Crippen molar-refractivity contribution in [3.63, 3.8) is 0 Å². The zero-order valence-electron chi connectivity index (χ0n) is 20.7. The summed E-state index contributed by atoms with van der Waals surface area (Å²) >= 11 is 0. The van der Waals surface area contributed by atoms with Crippen LogP contribution in [0.1, 0.15) is 42.4 Å². The first kappa shape index (κ1) is 24.7. The van der Waals surface area contributed by atoms with Gasteiger partial charge in [0.2, 0.25) is 5.91 Å². The summed E-state index contributed by atoms with van der Waals surface area (Å²) in [5.74, 6) is 0.752. The van der Waals surface area contributed by atoms with Crippen molar-refractivity contribution in [2.24, 2.45) is 0 Å². The number of amides is 1. The molecule has 1 spiro atoms. The van der Waals surface area contributed by atoms with Crippen LogP contribution in [0, 0.1) is 0 Å². The molecule has 1 unspecified atom stereocenters. The average Bonchev–Trinajstić information content (AvgIpc) is 3.08. The summed E-state index contributed by atoms with van der Waals surface area (Å²) < 4.78 is 10.5. The quantitative estimate of drug-likeness (QED) is 0.622. The second-order valence-electron chi connectivity index (χ2n) is 9.75. The summed E-state index contributed by atoms with van der Waals surface area (Å²) in [7, 11) is 7.59. The fourth-order valence-electron chi connectivity index (χ4n) is 5.54. The van der Waals surface area contributed by atoms with Gasteiger partial charge in [0.05, 0.1) is 13.7 Å². The number of carbonyl (C=O) groups excluding carboxylic acids is 1. The molecular formula is C27H37N3O4. The average molecular weight is 468 g/mol. The van der Waals surface area contributed by atoms with Crippen LogP contribution in [0.15, 0.2) is 48.5 Å². The molecule has 1 aliphatic carbocycles. The number of ether oxygens (including phenoxy) is 2. The van der Waals surface area contributed by atoms with Crippen LogP contribution in [0.3, 0.4) is 0 Å². The van der Waals surface area contributed by atoms with Crippen LogP contribution >= 0.6 is 0 Å². The number of hydrogen-bond acceptors (Lipinski definition) is 6. The Hall–Kier alpha value is -2.45. The molecule has 34 heavy (non-hydrogen) atoms. The standard InChI is InChI=1S/C27H37N3O4/c1-29(2)27(22-7-5-6-20(18-22)12-17-33-3)15-13-26(14-16-27)24(31)30(25(32)28-26)19-21-8-10-23(34-4)11-9-21/h5-11,18,25,28,32H,12-17,19H2,1-4H3. The van der Waals surface area contributed by atoms with Crippen molar-refractivity contribution in [1.82, 2.24) is 15.1 Å². The molecule has 7 nitrogen and oxygen atoms in total. The van der Waals surface area contributed by atoms with Gasteiger partial charge in [0, 0.05) is 19.2 Å². The number of nitrogens with one attached hydrogen (secondary N) is 1. The lowest BCUT2D eigenvalue weighted by molar-refractivity contribution is -0.138. The number of benzene rings is 2. The van der Waals surface area contributed by atoms with Crippen LogP contribution in [0.25, 0.3) is 0 Å². The van der Waals surface area contributed by atoms with Gasteiger partial charge in [-0.2, -0.15) is 0 Å². The summed E-state index contributed by atoms with van der Waals surface area (Å²) in [5.41, 5.74) is 2.63. The van der Waals surface area contributed by atoms with Crippen LogP contribution in [0.4, 0.5) is 0 Å². The van der Waals surface area contributed by atoms with Crippen molar-refractivity contribution in [3.05, 3.63) is 65.2 Å². The van der Waals surface area contributed by atoms with Gasteiger partial charge in [0.1, 0.15) is 11.3 Å². The Kier molecular flexibility index (Phi) is 7.28. The van der Waals surface area contributed by atoms with E-state index in [1.807, 2.05) is 24.3 Å². The highest BCUT2D eigenvalue weighted by atomic mass is 16.5. The third-order valence-corrected chi connectivity index (χ3v) is 7.73. The van der Waals surface area contributed by atoms with E-state index in [0.717, 1.165) is 30.6 Å². The van der Waals surface area contributed by atoms with Crippen LogP contribution in [0.2, 0.25) is 0 Å². The molecule has 184 valence electrons. The highest BCUT2D eigenvalue weighted by Crippen LogP contribution is 2.47. The van der Waals surface area contributed by atoms with E-state index in [1.54, 1.807) is 19.1 Å². The van der Waals surface area contributed by atoms with Gasteiger partial charge >= 0.3 is 0 Å². The van der Waals surface area contributed by atoms with E-state index >= 15 is 0 Å². The van der Waals surface area contributed by atoms with Gasteiger partial charge in [-0.1, -0.05) is 36.4 Å². The van der Waals surface area contributed by atoms with E-state index in [4.69, 9.17) is 9.47 Å². The maximum atomic E-state index is 13.6. The molecule has 2 aliphatic rings. The molecule has 4 rings (SSSR count). The predicted octanol–water partition coefficient (Wildman–Crippen LogP) is 2.86. The van der Waals surface area contributed by atoms with Gasteiger partial charge in [0.25, 0.3) is 0 Å². The molecule has 2 fully saturated rings. The van der Waals surface area contributed by atoms with Crippen molar-refractivity contribution in [2.75, 3.05) is 34.9 Å². The van der Waals surface area contributed by atoms with Crippen molar-refractivity contribution < 1.29 is 19.4 Å². The zero-order valence-corrected chi connectivity index (χ0v) is 20.7. The number of rotatable bonds is 8. The Labute approximate surface area is 202 Å². The third-order valence-electron chi connectivity index (χ3n) is 7.73. The molecule has 0 bridgehead atoms. The summed E-state index contributed by atoms with van der Waals surface area (Å²) in [4.78, 5) is 17.4. The Morgan fingerprint density at radius 3 is 2.38 bits per heavy atom. The summed E-state index contributed by atoms with van der Waals surface area (Å²) in [6, 6.07) is 16.4. The molecule has 0 aromatic heterocycles. The fourth-order valence-corrected chi connectivity index (χ4v) is 5.54. The van der Waals surface area contributed by atoms with E-state index in [1.165, 1.54) is 11.1 Å². The molecule has 1 amide bonds. The lowest BCUT2D eigenvalue weighted by Gasteiger charge is -2.48. The second kappa shape index (κ2) is 10.0. The minimum atomic E-state index is -0.987. The predicted molar refractivity (Wildman–Crippen MR) is 131 cm³/mol. The molecule has 2 N–H and O–H groups in total. The lowest BCUT2D eigenvalue weighted by Crippen LogP contribution is -2.56. The van der Waals surface area contributed by atoms with Crippen molar-refractivity contribution in [1.29, 1.82) is 0 Å². The second-order valence-corrected chi connectivity index (χ2v) is 9.75. The number of hydrogen-bond donors (Lipinski definition) is 2. The monoisotopic (exact) mass is 467 g/mol. The molecule has 7 heteroatoms. The first-order valence-corrected chi connectivity index (χ1v) is 12.0. The van der Waals surface area contributed by atoms with Crippen LogP contribution < -0.4 is 10.1 Å². The number of methoxy groups -OCH3 is 2. The van der Waals surface area contributed by atoms with E-state index in [2.05, 4.69) is 48.6 Å². The molecular weight excluding hydrogens is 430 g/mol. The lowest BCUT2D eigenvalue weighted by atomic mass is 9.68. The first-order valence-electron chi connectivity index (χ1n) is 12.0. The molecule has 0 radical (unpaired) electrons. The van der Waals surface area contributed by atoms with Gasteiger partial charge in [0.15, 0.2) is 6.35 Å². The van der Waals surface area contributed by atoms with Gasteiger partial charge in [-0.15, -0.1) is 0 Å². The summed E-state index contributed by atoms with van der Waals surface area (Å²) in [5, 5.41) is 14.0. The third kappa shape index (κ3) is 4.58. The Balaban J connectivity index is 1.51. The zero-order chi connectivity index (χ0) is 24.3. The largest absolute Gasteiger partial charge is 0.497 e. The number of aliphatic hydroxyl groups excluding tert-OH is 1. The van der Waals surface area contributed by atoms with Crippen LogP contribution in [-0.4, -0.2) is 67.6 Å². The smallest absolute Gasteiger partial charge is 0.246 e. The minimum Gasteiger partial charge on any atom is -0.497 e. The van der Waals surface area contributed by atoms with Gasteiger partial charge in [-0.25, -0.2) is 0 Å². The van der Waals surface area contributed by atoms with Crippen LogP contribution in [0.5, 0.6) is 5.75 Å². The van der Waals surface area contributed by atoms with Gasteiger partial charge in [-0.3, -0.25) is 19.9 Å². The maximum absolute atomic E-state index is 13.6. The molecule has 1 atom stereocenters. The molecule has 1 aliphatic heterocycles. The molecule has 2 aromatic rings. The Morgan fingerprint density at radius 2 is 1.76 bits per heavy atom. The SMILES string of the molecule is COCCc1cccc(C2(N(C)C)CCC3(CC2)NC(O)N(Cc2ccc(OC)cc2)C3=O)c1. The van der Waals surface area contributed by atoms with Gasteiger partial charge in [-0.05, 0) is 75.0 Å². The van der Waals surface area contributed by atoms with E-state index in [0.29, 0.717) is 26.0 Å². The highest BCUT2D eigenvalue weighted by Gasteiger charge is 2.55. The Bertz CT molecular complexity index is 984. The summed E-state index contributed by atoms with van der Waals surface area (Å²) in [6.07, 6.45) is 2.89. The minimum absolute atomic E-state index is 0.0166. The van der Waals surface area contributed by atoms with Crippen LogP contribution in [-0.2, 0) is 28.0 Å². The Morgan fingerprint density at radius 1 is 1.06 bits per heavy atom. The molecule has 2 aromatic carbocycles. The highest BCUT2D eigenvalue weighted by molar-refractivity contribution is 5.88. The van der Waals surface area contributed by atoms with Crippen molar-refractivity contribution in [3.8, 4) is 5.75 Å². The van der Waals surface area contributed by atoms with E-state index < -0.39 is 11.9 Å². The maximum Gasteiger partial charge on any atom is 0.246 e. The first-order chi connectivity index (χ1) is 16.3. The molecule has 1 heterocycles.